The fourth-order valence-corrected chi connectivity index (χ4v) is 3.87. The van der Waals surface area contributed by atoms with Crippen LogP contribution in [0, 0.1) is 0 Å². The molecule has 20 heavy (non-hydrogen) atoms. The minimum Gasteiger partial charge on any atom is -0.495 e. The average Bonchev–Trinajstić information content (AvgIpc) is 3.01. The van der Waals surface area contributed by atoms with Crippen LogP contribution in [0.2, 0.25) is 5.02 Å². The quantitative estimate of drug-likeness (QED) is 0.661. The molecule has 0 unspecified atom stereocenters. The third kappa shape index (κ3) is 2.21. The van der Waals surface area contributed by atoms with Crippen LogP contribution >= 0.6 is 22.9 Å². The van der Waals surface area contributed by atoms with E-state index in [1.54, 1.807) is 18.4 Å². The van der Waals surface area contributed by atoms with Gasteiger partial charge >= 0.3 is 0 Å². The number of hydrogen-bond donors (Lipinski definition) is 1. The predicted octanol–water partition coefficient (Wildman–Crippen LogP) is 5.68. The molecule has 3 rings (SSSR count). The Kier molecular flexibility index (Phi) is 3.48. The van der Waals surface area contributed by atoms with Gasteiger partial charge in [0.2, 0.25) is 0 Å². The number of aromatic nitrogens is 1. The number of H-pyrrole nitrogens is 1. The Labute approximate surface area is 127 Å². The van der Waals surface area contributed by atoms with Crippen molar-refractivity contribution in [3.63, 3.8) is 0 Å². The Hall–Kier alpha value is -1.45. The topological polar surface area (TPSA) is 25.0 Å². The smallest absolute Gasteiger partial charge is 0.142 e. The number of ether oxygens (including phenoxy) is 1. The van der Waals surface area contributed by atoms with Crippen LogP contribution in [0.15, 0.2) is 30.3 Å². The summed E-state index contributed by atoms with van der Waals surface area (Å²) >= 11 is 8.06. The van der Waals surface area contributed by atoms with E-state index in [1.165, 1.54) is 4.88 Å². The van der Waals surface area contributed by atoms with Gasteiger partial charge in [-0.3, -0.25) is 0 Å². The second-order valence-corrected chi connectivity index (χ2v) is 6.58. The molecule has 2 aromatic heterocycles. The highest BCUT2D eigenvalue weighted by Crippen LogP contribution is 2.39. The van der Waals surface area contributed by atoms with Gasteiger partial charge in [-0.05, 0) is 24.1 Å². The highest BCUT2D eigenvalue weighted by atomic mass is 35.5. The van der Waals surface area contributed by atoms with Gasteiger partial charge in [-0.15, -0.1) is 11.3 Å². The lowest BCUT2D eigenvalue weighted by molar-refractivity contribution is 0.419. The number of aromatic amines is 1. The van der Waals surface area contributed by atoms with Crippen molar-refractivity contribution in [2.24, 2.45) is 0 Å². The Balaban J connectivity index is 2.13. The number of nitrogens with one attached hydrogen (secondary N) is 1. The molecule has 0 amide bonds. The van der Waals surface area contributed by atoms with E-state index >= 15 is 0 Å². The molecule has 1 aromatic carbocycles. The van der Waals surface area contributed by atoms with E-state index in [9.17, 15) is 0 Å². The molecule has 0 aliphatic heterocycles. The van der Waals surface area contributed by atoms with Gasteiger partial charge in [0, 0.05) is 10.3 Å². The fourth-order valence-electron chi connectivity index (χ4n) is 2.34. The third-order valence-corrected chi connectivity index (χ3v) is 5.23. The Bertz CT molecular complexity index is 757. The number of rotatable bonds is 3. The highest BCUT2D eigenvalue weighted by Gasteiger charge is 2.14. The first-order valence-electron chi connectivity index (χ1n) is 6.55. The molecule has 1 N–H and O–H groups in total. The first-order valence-corrected chi connectivity index (χ1v) is 7.75. The van der Waals surface area contributed by atoms with Crippen molar-refractivity contribution >= 4 is 33.8 Å². The van der Waals surface area contributed by atoms with E-state index in [1.807, 2.05) is 18.2 Å². The van der Waals surface area contributed by atoms with Gasteiger partial charge in [0.1, 0.15) is 5.75 Å². The summed E-state index contributed by atoms with van der Waals surface area (Å²) in [7, 11) is 1.69. The number of fused-ring (bicyclic) bond motifs is 1. The summed E-state index contributed by atoms with van der Waals surface area (Å²) in [6, 6.07) is 10.2. The third-order valence-electron chi connectivity index (χ3n) is 3.34. The van der Waals surface area contributed by atoms with Crippen LogP contribution in [0.1, 0.15) is 24.6 Å². The molecule has 0 fully saturated rings. The molecule has 2 heterocycles. The van der Waals surface area contributed by atoms with Crippen LogP contribution < -0.4 is 4.74 Å². The second kappa shape index (κ2) is 5.15. The first kappa shape index (κ1) is 13.5. The lowest BCUT2D eigenvalue weighted by Gasteiger charge is -2.00. The van der Waals surface area contributed by atoms with Gasteiger partial charge < -0.3 is 9.72 Å². The number of halogens is 1. The second-order valence-electron chi connectivity index (χ2n) is 5.09. The number of thiophene rings is 1. The maximum atomic E-state index is 6.32. The molecule has 4 heteroatoms. The summed E-state index contributed by atoms with van der Waals surface area (Å²) in [6.45, 7) is 4.32. The van der Waals surface area contributed by atoms with E-state index in [2.05, 4.69) is 31.0 Å². The van der Waals surface area contributed by atoms with E-state index < -0.39 is 0 Å². The first-order chi connectivity index (χ1) is 9.60. The Morgan fingerprint density at radius 1 is 1.25 bits per heavy atom. The van der Waals surface area contributed by atoms with Gasteiger partial charge in [-0.1, -0.05) is 37.6 Å². The number of hydrogen-bond acceptors (Lipinski definition) is 2. The summed E-state index contributed by atoms with van der Waals surface area (Å²) in [5.74, 6) is 1.31. The molecule has 0 saturated heterocycles. The normalized spacial score (nSPS) is 11.4. The number of benzene rings is 1. The van der Waals surface area contributed by atoms with Crippen LogP contribution in [-0.2, 0) is 0 Å². The molecule has 0 saturated carbocycles. The van der Waals surface area contributed by atoms with Crippen molar-refractivity contribution in [1.29, 1.82) is 0 Å². The minimum absolute atomic E-state index is 0.445. The van der Waals surface area contributed by atoms with Gasteiger partial charge in [0.25, 0.3) is 0 Å². The Morgan fingerprint density at radius 3 is 2.70 bits per heavy atom. The molecule has 0 spiro atoms. The summed E-state index contributed by atoms with van der Waals surface area (Å²) in [5, 5.41) is 2.00. The van der Waals surface area contributed by atoms with Crippen molar-refractivity contribution in [3.8, 4) is 16.3 Å². The lowest BCUT2D eigenvalue weighted by Crippen LogP contribution is -1.83. The van der Waals surface area contributed by atoms with Crippen LogP contribution in [-0.4, -0.2) is 12.1 Å². The molecule has 0 bridgehead atoms. The maximum Gasteiger partial charge on any atom is 0.142 e. The van der Waals surface area contributed by atoms with Crippen LogP contribution in [0.25, 0.3) is 21.5 Å². The van der Waals surface area contributed by atoms with E-state index in [0.29, 0.717) is 5.92 Å². The molecule has 0 aliphatic rings. The zero-order valence-corrected chi connectivity index (χ0v) is 13.2. The van der Waals surface area contributed by atoms with Crippen molar-refractivity contribution in [1.82, 2.24) is 4.98 Å². The SMILES string of the molecule is COc1cccc2cc(-c3cc(Cl)c(C(C)C)s3)[nH]c12. The molecule has 104 valence electrons. The predicted molar refractivity (Wildman–Crippen MR) is 87.3 cm³/mol. The zero-order chi connectivity index (χ0) is 14.3. The summed E-state index contributed by atoms with van der Waals surface area (Å²) in [6.07, 6.45) is 0. The Morgan fingerprint density at radius 2 is 2.05 bits per heavy atom. The van der Waals surface area contributed by atoms with E-state index in [0.717, 1.165) is 32.2 Å². The lowest BCUT2D eigenvalue weighted by atomic mass is 10.2. The molecule has 0 aliphatic carbocycles. The molecular formula is C16H16ClNOS. The monoisotopic (exact) mass is 305 g/mol. The van der Waals surface area contributed by atoms with Gasteiger partial charge in [0.05, 0.1) is 28.2 Å². The van der Waals surface area contributed by atoms with Crippen molar-refractivity contribution in [2.75, 3.05) is 7.11 Å². The van der Waals surface area contributed by atoms with Gasteiger partial charge in [-0.25, -0.2) is 0 Å². The molecule has 0 atom stereocenters. The van der Waals surface area contributed by atoms with Crippen molar-refractivity contribution in [2.45, 2.75) is 19.8 Å². The van der Waals surface area contributed by atoms with E-state index in [-0.39, 0.29) is 0 Å². The highest BCUT2D eigenvalue weighted by molar-refractivity contribution is 7.16. The van der Waals surface area contributed by atoms with Crippen LogP contribution in [0.5, 0.6) is 5.75 Å². The average molecular weight is 306 g/mol. The summed E-state index contributed by atoms with van der Waals surface area (Å²) in [5.41, 5.74) is 2.11. The van der Waals surface area contributed by atoms with Crippen LogP contribution in [0.3, 0.4) is 0 Å². The number of para-hydroxylation sites is 1. The molecule has 0 radical (unpaired) electrons. The van der Waals surface area contributed by atoms with Gasteiger partial charge in [0.15, 0.2) is 0 Å². The summed E-state index contributed by atoms with van der Waals surface area (Å²) < 4.78 is 5.39. The maximum absolute atomic E-state index is 6.32. The van der Waals surface area contributed by atoms with Crippen LogP contribution in [0.4, 0.5) is 0 Å². The van der Waals surface area contributed by atoms with Gasteiger partial charge in [-0.2, -0.15) is 0 Å². The number of methoxy groups -OCH3 is 1. The molecule has 3 aromatic rings. The molecule has 2 nitrogen and oxygen atoms in total. The van der Waals surface area contributed by atoms with Crippen molar-refractivity contribution in [3.05, 3.63) is 40.2 Å². The largest absolute Gasteiger partial charge is 0.495 e. The molecular weight excluding hydrogens is 290 g/mol. The van der Waals surface area contributed by atoms with E-state index in [4.69, 9.17) is 16.3 Å². The summed E-state index contributed by atoms with van der Waals surface area (Å²) in [4.78, 5) is 5.83. The zero-order valence-electron chi connectivity index (χ0n) is 11.7. The van der Waals surface area contributed by atoms with Crippen molar-refractivity contribution < 1.29 is 4.74 Å². The fraction of sp³-hybridized carbons (Fsp3) is 0.250. The minimum atomic E-state index is 0.445. The standard InChI is InChI=1S/C16H16ClNOS/c1-9(2)16-11(17)8-14(20-16)12-7-10-5-4-6-13(19-3)15(10)18-12/h4-9,18H,1-3H3.